The van der Waals surface area contributed by atoms with E-state index in [1.165, 1.54) is 12.8 Å². The summed E-state index contributed by atoms with van der Waals surface area (Å²) in [4.78, 5) is 14.9. The molecule has 1 unspecified atom stereocenters. The first-order valence-electron chi connectivity index (χ1n) is 7.87. The molecule has 3 rings (SSSR count). The van der Waals surface area contributed by atoms with Crippen molar-refractivity contribution < 1.29 is 14.6 Å². The number of carbonyl (C=O) groups is 1. The topological polar surface area (TPSA) is 49.8 Å². The van der Waals surface area contributed by atoms with Gasteiger partial charge < -0.3 is 14.7 Å². The van der Waals surface area contributed by atoms with E-state index in [0.717, 1.165) is 22.9 Å². The van der Waals surface area contributed by atoms with E-state index in [1.54, 1.807) is 0 Å². The number of halogens is 1. The number of nitrogens with zero attached hydrogens (tertiary/aromatic N) is 1. The van der Waals surface area contributed by atoms with Crippen molar-refractivity contribution in [3.05, 3.63) is 34.3 Å². The minimum Gasteiger partial charge on any atom is -0.462 e. The molecule has 1 aromatic carbocycles. The average molecular weight is 368 g/mol. The van der Waals surface area contributed by atoms with Crippen molar-refractivity contribution in [2.45, 2.75) is 49.8 Å². The Kier molecular flexibility index (Phi) is 4.85. The van der Waals surface area contributed by atoms with E-state index < -0.39 is 5.92 Å². The molecule has 22 heavy (non-hydrogen) atoms. The van der Waals surface area contributed by atoms with Crippen molar-refractivity contribution in [1.82, 2.24) is 4.90 Å². The zero-order valence-electron chi connectivity index (χ0n) is 12.7. The maximum absolute atomic E-state index is 12.4. The van der Waals surface area contributed by atoms with Crippen LogP contribution in [0.25, 0.3) is 0 Å². The second-order valence-corrected chi connectivity index (χ2v) is 7.28. The highest BCUT2D eigenvalue weighted by Crippen LogP contribution is 2.36. The van der Waals surface area contributed by atoms with E-state index >= 15 is 0 Å². The lowest BCUT2D eigenvalue weighted by Gasteiger charge is -2.36. The Hall–Kier alpha value is -0.910. The van der Waals surface area contributed by atoms with Crippen LogP contribution in [0.2, 0.25) is 0 Å². The quantitative estimate of drug-likeness (QED) is 0.831. The molecule has 2 aliphatic rings. The summed E-state index contributed by atoms with van der Waals surface area (Å²) in [5, 5.41) is 9.59. The van der Waals surface area contributed by atoms with Gasteiger partial charge in [0.2, 0.25) is 0 Å². The van der Waals surface area contributed by atoms with Gasteiger partial charge in [-0.3, -0.25) is 4.79 Å². The van der Waals surface area contributed by atoms with Crippen LogP contribution in [0.1, 0.15) is 37.2 Å². The zero-order valence-corrected chi connectivity index (χ0v) is 14.3. The Morgan fingerprint density at radius 2 is 1.91 bits per heavy atom. The van der Waals surface area contributed by atoms with Crippen LogP contribution in [-0.4, -0.2) is 47.8 Å². The van der Waals surface area contributed by atoms with Gasteiger partial charge in [-0.15, -0.1) is 0 Å². The van der Waals surface area contributed by atoms with Gasteiger partial charge in [-0.2, -0.15) is 0 Å². The zero-order chi connectivity index (χ0) is 15.7. The van der Waals surface area contributed by atoms with Crippen LogP contribution in [0.15, 0.2) is 28.7 Å². The SMILES string of the molecule is CN1[C@@H]2CC[C@H]1CC(OC(=O)[C@@H](CO)c1ccc(Br)cc1)C2. The first-order chi connectivity index (χ1) is 10.6. The minimum atomic E-state index is -0.592. The summed E-state index contributed by atoms with van der Waals surface area (Å²) < 4.78 is 6.67. The molecule has 1 N–H and O–H groups in total. The summed E-state index contributed by atoms with van der Waals surface area (Å²) >= 11 is 3.38. The molecule has 4 nitrogen and oxygen atoms in total. The molecule has 0 amide bonds. The van der Waals surface area contributed by atoms with Gasteiger partial charge in [0.05, 0.1) is 6.61 Å². The van der Waals surface area contributed by atoms with Gasteiger partial charge in [-0.25, -0.2) is 0 Å². The van der Waals surface area contributed by atoms with Gasteiger partial charge in [0.25, 0.3) is 0 Å². The highest BCUT2D eigenvalue weighted by Gasteiger charge is 2.40. The number of esters is 1. The molecule has 120 valence electrons. The second-order valence-electron chi connectivity index (χ2n) is 6.37. The molecule has 5 heteroatoms. The van der Waals surface area contributed by atoms with Crippen LogP contribution in [0.5, 0.6) is 0 Å². The molecule has 2 bridgehead atoms. The summed E-state index contributed by atoms with van der Waals surface area (Å²) in [6.07, 6.45) is 4.22. The van der Waals surface area contributed by atoms with Gasteiger partial charge in [0, 0.05) is 16.6 Å². The first-order valence-corrected chi connectivity index (χ1v) is 8.66. The molecule has 0 saturated carbocycles. The van der Waals surface area contributed by atoms with E-state index in [9.17, 15) is 9.90 Å². The molecule has 1 aromatic rings. The lowest BCUT2D eigenvalue weighted by Crippen LogP contribution is -2.43. The molecule has 2 aliphatic heterocycles. The molecular formula is C17H22BrNO3. The molecule has 2 fully saturated rings. The van der Waals surface area contributed by atoms with Crippen molar-refractivity contribution in [3.8, 4) is 0 Å². The number of aliphatic hydroxyl groups excluding tert-OH is 1. The summed E-state index contributed by atoms with van der Waals surface area (Å²) in [5.74, 6) is -0.899. The molecule has 0 aromatic heterocycles. The highest BCUT2D eigenvalue weighted by molar-refractivity contribution is 9.10. The number of fused-ring (bicyclic) bond motifs is 2. The maximum atomic E-state index is 12.4. The average Bonchev–Trinajstić information content (AvgIpc) is 2.72. The fourth-order valence-electron chi connectivity index (χ4n) is 3.72. The molecule has 2 heterocycles. The number of piperidine rings is 1. The predicted molar refractivity (Wildman–Crippen MR) is 87.7 cm³/mol. The smallest absolute Gasteiger partial charge is 0.316 e. The van der Waals surface area contributed by atoms with Crippen LogP contribution >= 0.6 is 15.9 Å². The second kappa shape index (κ2) is 6.69. The molecule has 0 aliphatic carbocycles. The lowest BCUT2D eigenvalue weighted by atomic mass is 9.98. The van der Waals surface area contributed by atoms with Crippen LogP contribution in [0.4, 0.5) is 0 Å². The number of rotatable bonds is 4. The summed E-state index contributed by atoms with van der Waals surface area (Å²) in [6.45, 7) is -0.222. The fraction of sp³-hybridized carbons (Fsp3) is 0.588. The van der Waals surface area contributed by atoms with Crippen molar-refractivity contribution in [3.63, 3.8) is 0 Å². The third kappa shape index (κ3) is 3.21. The number of benzene rings is 1. The van der Waals surface area contributed by atoms with Crippen LogP contribution < -0.4 is 0 Å². The largest absolute Gasteiger partial charge is 0.462 e. The van der Waals surface area contributed by atoms with Gasteiger partial charge in [0.15, 0.2) is 0 Å². The van der Waals surface area contributed by atoms with Gasteiger partial charge in [-0.1, -0.05) is 28.1 Å². The monoisotopic (exact) mass is 367 g/mol. The van der Waals surface area contributed by atoms with Crippen molar-refractivity contribution >= 4 is 21.9 Å². The third-order valence-electron chi connectivity index (χ3n) is 5.08. The number of carbonyl (C=O) groups excluding carboxylic acids is 1. The molecule has 2 saturated heterocycles. The Labute approximate surface area is 139 Å². The first kappa shape index (κ1) is 16.0. The highest BCUT2D eigenvalue weighted by atomic mass is 79.9. The van der Waals surface area contributed by atoms with Crippen molar-refractivity contribution in [2.24, 2.45) is 0 Å². The Bertz CT molecular complexity index is 519. The summed E-state index contributed by atoms with van der Waals surface area (Å²) in [6, 6.07) is 8.53. The van der Waals surface area contributed by atoms with Gasteiger partial charge in [0.1, 0.15) is 12.0 Å². The van der Waals surface area contributed by atoms with Crippen molar-refractivity contribution in [1.29, 1.82) is 0 Å². The molecular weight excluding hydrogens is 346 g/mol. The van der Waals surface area contributed by atoms with E-state index in [1.807, 2.05) is 24.3 Å². The van der Waals surface area contributed by atoms with Crippen LogP contribution in [-0.2, 0) is 9.53 Å². The third-order valence-corrected chi connectivity index (χ3v) is 5.61. The van der Waals surface area contributed by atoms with E-state index in [-0.39, 0.29) is 18.7 Å². The van der Waals surface area contributed by atoms with Crippen LogP contribution in [0, 0.1) is 0 Å². The fourth-order valence-corrected chi connectivity index (χ4v) is 3.98. The Balaban J connectivity index is 1.64. The predicted octanol–water partition coefficient (Wildman–Crippen LogP) is 2.69. The standard InChI is InChI=1S/C17H22BrNO3/c1-19-13-6-7-14(19)9-15(8-13)22-17(21)16(10-20)11-2-4-12(18)5-3-11/h2-5,13-16,20H,6-10H2,1H3/t13-,14+,15?,16-/m0/s1. The molecule has 0 spiro atoms. The molecule has 4 atom stereocenters. The van der Waals surface area contributed by atoms with E-state index in [2.05, 4.69) is 27.9 Å². The van der Waals surface area contributed by atoms with Crippen LogP contribution in [0.3, 0.4) is 0 Å². The van der Waals surface area contributed by atoms with Gasteiger partial charge >= 0.3 is 5.97 Å². The summed E-state index contributed by atoms with van der Waals surface area (Å²) in [7, 11) is 2.17. The number of aliphatic hydroxyl groups is 1. The van der Waals surface area contributed by atoms with Gasteiger partial charge in [-0.05, 0) is 50.4 Å². The number of hydrogen-bond acceptors (Lipinski definition) is 4. The number of ether oxygens (including phenoxy) is 1. The minimum absolute atomic E-state index is 0.00861. The maximum Gasteiger partial charge on any atom is 0.316 e. The number of hydrogen-bond donors (Lipinski definition) is 1. The Morgan fingerprint density at radius 1 is 1.32 bits per heavy atom. The summed E-state index contributed by atoms with van der Waals surface area (Å²) in [5.41, 5.74) is 0.798. The van der Waals surface area contributed by atoms with E-state index in [4.69, 9.17) is 4.74 Å². The normalized spacial score (nSPS) is 29.3. The molecule has 0 radical (unpaired) electrons. The van der Waals surface area contributed by atoms with Crippen molar-refractivity contribution in [2.75, 3.05) is 13.7 Å². The Morgan fingerprint density at radius 3 is 2.45 bits per heavy atom. The van der Waals surface area contributed by atoms with E-state index in [0.29, 0.717) is 12.1 Å². The lowest BCUT2D eigenvalue weighted by molar-refractivity contribution is -0.155.